The normalized spacial score (nSPS) is 19.7. The van der Waals surface area contributed by atoms with Crippen LogP contribution in [0.1, 0.15) is 0 Å². The van der Waals surface area contributed by atoms with Gasteiger partial charge in [-0.15, -0.1) is 0 Å². The van der Waals surface area contributed by atoms with Crippen molar-refractivity contribution in [1.29, 1.82) is 0 Å². The van der Waals surface area contributed by atoms with Crippen molar-refractivity contribution in [3.8, 4) is 0 Å². The number of nitrogens with zero attached hydrogens (tertiary/aromatic N) is 2. The molecule has 0 bridgehead atoms. The Kier molecular flexibility index (Phi) is 3.61. The first kappa shape index (κ1) is 13.8. The first-order valence-corrected chi connectivity index (χ1v) is 9.60. The lowest BCUT2D eigenvalue weighted by atomic mass is 10.3. The van der Waals surface area contributed by atoms with Gasteiger partial charge >= 0.3 is 0 Å². The highest BCUT2D eigenvalue weighted by Gasteiger charge is 2.33. The Labute approximate surface area is 140 Å². The quantitative estimate of drug-likeness (QED) is 0.641. The average molecular weight is 344 g/mol. The van der Waals surface area contributed by atoms with Gasteiger partial charge in [0.1, 0.15) is 0 Å². The van der Waals surface area contributed by atoms with Crippen LogP contribution in [0.5, 0.6) is 0 Å². The molecule has 2 aliphatic heterocycles. The Morgan fingerprint density at radius 3 is 2.45 bits per heavy atom. The zero-order valence-corrected chi connectivity index (χ0v) is 13.8. The third-order valence-corrected chi connectivity index (χ3v) is 6.86. The van der Waals surface area contributed by atoms with E-state index in [0.717, 1.165) is 26.8 Å². The number of hydrogen-bond acceptors (Lipinski definition) is 5. The molecule has 4 rings (SSSR count). The summed E-state index contributed by atoms with van der Waals surface area (Å²) in [6.45, 7) is 0. The lowest BCUT2D eigenvalue weighted by Gasteiger charge is -2.23. The summed E-state index contributed by atoms with van der Waals surface area (Å²) in [5, 5.41) is 7.70. The van der Waals surface area contributed by atoms with Crippen LogP contribution >= 0.6 is 32.7 Å². The molecule has 0 amide bonds. The number of anilines is 2. The van der Waals surface area contributed by atoms with Gasteiger partial charge in [-0.05, 0) is 35.1 Å². The standard InChI is InChI=1S/C15H12N4S3/c20-15-17-14-19(12-9-5-2-6-10-12)13(18-22(14)21-15)16-11-7-3-1-4-8-11/h1-10H,(H,16,18)(H,17,20). The van der Waals surface area contributed by atoms with Gasteiger partial charge in [-0.1, -0.05) is 48.6 Å². The Morgan fingerprint density at radius 2 is 1.73 bits per heavy atom. The molecule has 0 spiro atoms. The van der Waals surface area contributed by atoms with E-state index in [1.54, 1.807) is 10.8 Å². The monoisotopic (exact) mass is 344 g/mol. The van der Waals surface area contributed by atoms with Crippen molar-refractivity contribution >= 4 is 59.5 Å². The van der Waals surface area contributed by atoms with Crippen LogP contribution in [0.15, 0.2) is 65.1 Å². The number of para-hydroxylation sites is 2. The van der Waals surface area contributed by atoms with E-state index in [0.29, 0.717) is 0 Å². The Balaban J connectivity index is 1.71. The largest absolute Gasteiger partial charge is 0.325 e. The van der Waals surface area contributed by atoms with Gasteiger partial charge in [-0.3, -0.25) is 4.90 Å². The van der Waals surface area contributed by atoms with E-state index in [2.05, 4.69) is 27.7 Å². The summed E-state index contributed by atoms with van der Waals surface area (Å²) < 4.78 is 5.57. The molecule has 0 radical (unpaired) electrons. The highest BCUT2D eigenvalue weighted by Crippen LogP contribution is 2.44. The molecule has 2 heterocycles. The summed E-state index contributed by atoms with van der Waals surface area (Å²) in [6, 6.07) is 20.2. The minimum Gasteiger partial charge on any atom is -0.325 e. The van der Waals surface area contributed by atoms with Crippen molar-refractivity contribution in [3.63, 3.8) is 0 Å². The van der Waals surface area contributed by atoms with E-state index < -0.39 is 0 Å². The van der Waals surface area contributed by atoms with Crippen LogP contribution < -0.4 is 15.5 Å². The van der Waals surface area contributed by atoms with Crippen LogP contribution in [-0.2, 0) is 0 Å². The van der Waals surface area contributed by atoms with Crippen molar-refractivity contribution in [3.05, 3.63) is 60.7 Å². The van der Waals surface area contributed by atoms with Gasteiger partial charge in [-0.25, -0.2) is 0 Å². The van der Waals surface area contributed by atoms with Crippen LogP contribution in [0.4, 0.5) is 11.4 Å². The SMILES string of the molecule is S=C1NC2=S(N=C(Nc3ccccc3)N2c2ccccc2)S1. The van der Waals surface area contributed by atoms with Gasteiger partial charge in [0.15, 0.2) is 9.43 Å². The molecule has 110 valence electrons. The first-order chi connectivity index (χ1) is 10.8. The molecule has 2 N–H and O–H groups in total. The maximum absolute atomic E-state index is 5.27. The van der Waals surface area contributed by atoms with Crippen LogP contribution in [0.2, 0.25) is 0 Å². The van der Waals surface area contributed by atoms with E-state index in [1.807, 2.05) is 48.5 Å². The van der Waals surface area contributed by atoms with Crippen LogP contribution in [0.25, 0.3) is 0 Å². The van der Waals surface area contributed by atoms with Crippen molar-refractivity contribution < 1.29 is 0 Å². The second-order valence-corrected chi connectivity index (χ2v) is 8.38. The average Bonchev–Trinajstić information content (AvgIpc) is 3.04. The maximum atomic E-state index is 5.27. The van der Waals surface area contributed by atoms with Crippen molar-refractivity contribution in [2.75, 3.05) is 10.2 Å². The minimum absolute atomic E-state index is 0.300. The summed E-state index contributed by atoms with van der Waals surface area (Å²) in [5.41, 5.74) is 2.08. The van der Waals surface area contributed by atoms with E-state index in [4.69, 9.17) is 16.6 Å². The lowest BCUT2D eigenvalue weighted by Crippen LogP contribution is -2.44. The molecule has 2 aromatic rings. The van der Waals surface area contributed by atoms with Gasteiger partial charge in [-0.2, -0.15) is 4.40 Å². The van der Waals surface area contributed by atoms with E-state index in [-0.39, 0.29) is 9.70 Å². The van der Waals surface area contributed by atoms with Crippen LogP contribution in [0.3, 0.4) is 0 Å². The summed E-state index contributed by atoms with van der Waals surface area (Å²) in [5.74, 6) is 0.818. The number of thiocarbonyl (C=S) groups is 1. The van der Waals surface area contributed by atoms with E-state index >= 15 is 0 Å². The smallest absolute Gasteiger partial charge is 0.221 e. The fourth-order valence-electron chi connectivity index (χ4n) is 2.22. The van der Waals surface area contributed by atoms with Gasteiger partial charge in [0.25, 0.3) is 0 Å². The molecule has 0 fully saturated rings. The molecule has 1 unspecified atom stereocenters. The highest BCUT2D eigenvalue weighted by molar-refractivity contribution is 8.90. The molecular weight excluding hydrogens is 332 g/mol. The maximum Gasteiger partial charge on any atom is 0.221 e. The van der Waals surface area contributed by atoms with Gasteiger partial charge in [0.2, 0.25) is 5.96 Å². The molecule has 7 heteroatoms. The van der Waals surface area contributed by atoms with Crippen LogP contribution in [0, 0.1) is 0 Å². The van der Waals surface area contributed by atoms with Gasteiger partial charge in [0, 0.05) is 15.4 Å². The highest BCUT2D eigenvalue weighted by atomic mass is 33.1. The molecular formula is C15H12N4S3. The molecule has 0 aliphatic carbocycles. The lowest BCUT2D eigenvalue weighted by molar-refractivity contribution is 1.33. The van der Waals surface area contributed by atoms with Crippen LogP contribution in [-0.4, -0.2) is 15.4 Å². The Hall–Kier alpha value is -1.83. The topological polar surface area (TPSA) is 39.7 Å². The molecule has 1 atom stereocenters. The minimum atomic E-state index is -0.300. The molecule has 0 saturated carbocycles. The predicted molar refractivity (Wildman–Crippen MR) is 102 cm³/mol. The summed E-state index contributed by atoms with van der Waals surface area (Å²) in [6.07, 6.45) is 0. The molecule has 0 saturated heterocycles. The molecule has 0 aromatic heterocycles. The summed E-state index contributed by atoms with van der Waals surface area (Å²) in [4.78, 5) is 2.10. The Bertz CT molecular complexity index is 787. The zero-order chi connectivity index (χ0) is 14.9. The second kappa shape index (κ2) is 5.75. The van der Waals surface area contributed by atoms with E-state index in [9.17, 15) is 0 Å². The third kappa shape index (κ3) is 2.51. The van der Waals surface area contributed by atoms with Crippen molar-refractivity contribution in [1.82, 2.24) is 5.32 Å². The summed E-state index contributed by atoms with van der Waals surface area (Å²) >= 11 is 5.27. The van der Waals surface area contributed by atoms with E-state index in [1.165, 1.54) is 0 Å². The molecule has 2 aromatic carbocycles. The second-order valence-electron chi connectivity index (χ2n) is 4.63. The zero-order valence-electron chi connectivity index (χ0n) is 11.4. The molecule has 4 nitrogen and oxygen atoms in total. The fourth-order valence-corrected chi connectivity index (χ4v) is 5.80. The summed E-state index contributed by atoms with van der Waals surface area (Å²) in [7, 11) is 1.29. The third-order valence-electron chi connectivity index (χ3n) is 3.16. The van der Waals surface area contributed by atoms with Gasteiger partial charge < -0.3 is 10.6 Å². The number of guanidine groups is 1. The molecule has 2 aliphatic rings. The number of benzene rings is 2. The molecule has 22 heavy (non-hydrogen) atoms. The number of hydrogen-bond donors (Lipinski definition) is 2. The number of rotatable bonds is 2. The predicted octanol–water partition coefficient (Wildman–Crippen LogP) is 3.78. The first-order valence-electron chi connectivity index (χ1n) is 6.68. The fraction of sp³-hybridized carbons (Fsp3) is 0. The number of nitrogens with one attached hydrogen (secondary N) is 2. The Morgan fingerprint density at radius 1 is 1.05 bits per heavy atom. The van der Waals surface area contributed by atoms with Gasteiger partial charge in [0.05, 0.1) is 5.69 Å². The van der Waals surface area contributed by atoms with Crippen molar-refractivity contribution in [2.24, 2.45) is 4.40 Å². The van der Waals surface area contributed by atoms with Crippen molar-refractivity contribution in [2.45, 2.75) is 0 Å².